The second kappa shape index (κ2) is 6.36. The van der Waals surface area contributed by atoms with Crippen LogP contribution in [0.2, 0.25) is 0 Å². The summed E-state index contributed by atoms with van der Waals surface area (Å²) in [5.41, 5.74) is 6.05. The molecule has 0 unspecified atom stereocenters. The predicted octanol–water partition coefficient (Wildman–Crippen LogP) is 1.03. The number of imidazole rings is 1. The van der Waals surface area contributed by atoms with Gasteiger partial charge >= 0.3 is 5.97 Å². The van der Waals surface area contributed by atoms with Crippen molar-refractivity contribution in [2.75, 3.05) is 31.1 Å². The fourth-order valence-corrected chi connectivity index (χ4v) is 2.83. The van der Waals surface area contributed by atoms with Crippen LogP contribution in [-0.2, 0) is 4.74 Å². The van der Waals surface area contributed by atoms with Crippen LogP contribution >= 0.6 is 0 Å². The number of aromatic amines is 1. The number of nitrogens with two attached hydrogens (primary N) is 1. The molecule has 1 aliphatic rings. The molecule has 1 aliphatic heterocycles. The van der Waals surface area contributed by atoms with E-state index >= 15 is 0 Å². The van der Waals surface area contributed by atoms with Crippen molar-refractivity contribution in [1.29, 1.82) is 0 Å². The highest BCUT2D eigenvalue weighted by atomic mass is 16.6. The third-order valence-corrected chi connectivity index (χ3v) is 3.93. The van der Waals surface area contributed by atoms with Gasteiger partial charge in [-0.05, 0) is 32.9 Å². The van der Waals surface area contributed by atoms with Crippen molar-refractivity contribution in [3.8, 4) is 0 Å². The first-order chi connectivity index (χ1) is 11.8. The van der Waals surface area contributed by atoms with Gasteiger partial charge in [0.1, 0.15) is 16.7 Å². The molecule has 0 saturated carbocycles. The first-order valence-corrected chi connectivity index (χ1v) is 8.28. The molecule has 0 aliphatic carbocycles. The van der Waals surface area contributed by atoms with E-state index in [1.165, 1.54) is 6.07 Å². The van der Waals surface area contributed by atoms with Crippen molar-refractivity contribution >= 4 is 28.9 Å². The Morgan fingerprint density at radius 1 is 1.24 bits per heavy atom. The van der Waals surface area contributed by atoms with Crippen molar-refractivity contribution in [1.82, 2.24) is 15.3 Å². The van der Waals surface area contributed by atoms with Crippen molar-refractivity contribution in [2.45, 2.75) is 26.4 Å². The third kappa shape index (κ3) is 3.58. The average molecular weight is 345 g/mol. The molecule has 2 aromatic rings. The molecular formula is C17H23N5O3. The van der Waals surface area contributed by atoms with Gasteiger partial charge < -0.3 is 25.7 Å². The number of primary amides is 1. The summed E-state index contributed by atoms with van der Waals surface area (Å²) in [5, 5.41) is 3.28. The third-order valence-electron chi connectivity index (χ3n) is 3.93. The summed E-state index contributed by atoms with van der Waals surface area (Å²) in [6, 6.07) is 3.24. The van der Waals surface area contributed by atoms with Gasteiger partial charge in [0.15, 0.2) is 0 Å². The van der Waals surface area contributed by atoms with Crippen LogP contribution in [0.1, 0.15) is 41.5 Å². The molecule has 2 heterocycles. The number of hydrogen-bond donors (Lipinski definition) is 3. The van der Waals surface area contributed by atoms with Gasteiger partial charge in [0.25, 0.3) is 0 Å². The lowest BCUT2D eigenvalue weighted by Crippen LogP contribution is -2.44. The smallest absolute Gasteiger partial charge is 0.341 e. The van der Waals surface area contributed by atoms with E-state index in [1.54, 1.807) is 26.8 Å². The Morgan fingerprint density at radius 2 is 1.92 bits per heavy atom. The summed E-state index contributed by atoms with van der Waals surface area (Å²) >= 11 is 0. The zero-order chi connectivity index (χ0) is 18.2. The van der Waals surface area contributed by atoms with Crippen LogP contribution < -0.4 is 16.0 Å². The SMILES string of the molecule is CC(C)(C)OC(=O)c1c(C(N)=O)ccc2[nH]c(N3CCNCC3)nc12. The molecule has 8 heteroatoms. The second-order valence-electron chi connectivity index (χ2n) is 7.05. The van der Waals surface area contributed by atoms with Gasteiger partial charge in [-0.2, -0.15) is 0 Å². The van der Waals surface area contributed by atoms with Crippen molar-refractivity contribution < 1.29 is 14.3 Å². The number of carbonyl (C=O) groups is 2. The lowest BCUT2D eigenvalue weighted by atomic mass is 10.0. The molecule has 0 radical (unpaired) electrons. The first kappa shape index (κ1) is 17.2. The molecule has 8 nitrogen and oxygen atoms in total. The molecule has 25 heavy (non-hydrogen) atoms. The normalized spacial score (nSPS) is 15.4. The second-order valence-corrected chi connectivity index (χ2v) is 7.05. The van der Waals surface area contributed by atoms with Crippen LogP contribution in [0, 0.1) is 0 Å². The van der Waals surface area contributed by atoms with Gasteiger partial charge in [0, 0.05) is 26.2 Å². The highest BCUT2D eigenvalue weighted by Crippen LogP contribution is 2.26. The van der Waals surface area contributed by atoms with Crippen LogP contribution in [0.3, 0.4) is 0 Å². The molecule has 1 saturated heterocycles. The fourth-order valence-electron chi connectivity index (χ4n) is 2.83. The van der Waals surface area contributed by atoms with Crippen LogP contribution in [0.15, 0.2) is 12.1 Å². The predicted molar refractivity (Wildman–Crippen MR) is 94.9 cm³/mol. The number of carbonyl (C=O) groups excluding carboxylic acids is 2. The van der Waals surface area contributed by atoms with Crippen LogP contribution in [-0.4, -0.2) is 53.6 Å². The summed E-state index contributed by atoms with van der Waals surface area (Å²) in [4.78, 5) is 34.4. The minimum absolute atomic E-state index is 0.109. The zero-order valence-electron chi connectivity index (χ0n) is 14.7. The molecule has 4 N–H and O–H groups in total. The number of benzene rings is 1. The Morgan fingerprint density at radius 3 is 2.52 bits per heavy atom. The number of anilines is 1. The number of nitrogens with one attached hydrogen (secondary N) is 2. The molecule has 0 spiro atoms. The standard InChI is InChI=1S/C17H23N5O3/c1-17(2,3)25-15(24)12-10(14(18)23)4-5-11-13(12)21-16(20-11)22-8-6-19-7-9-22/h4-5,19H,6-9H2,1-3H3,(H2,18,23)(H,20,21). The Kier molecular flexibility index (Phi) is 4.38. The molecule has 1 amide bonds. The number of rotatable bonds is 3. The van der Waals surface area contributed by atoms with Crippen LogP contribution in [0.25, 0.3) is 11.0 Å². The number of H-pyrrole nitrogens is 1. The van der Waals surface area contributed by atoms with E-state index in [0.717, 1.165) is 26.2 Å². The summed E-state index contributed by atoms with van der Waals surface area (Å²) < 4.78 is 5.45. The number of fused-ring (bicyclic) bond motifs is 1. The van der Waals surface area contributed by atoms with Crippen LogP contribution in [0.5, 0.6) is 0 Å². The maximum Gasteiger partial charge on any atom is 0.341 e. The molecule has 1 fully saturated rings. The van der Waals surface area contributed by atoms with Gasteiger partial charge in [-0.3, -0.25) is 4.79 Å². The number of ether oxygens (including phenoxy) is 1. The minimum Gasteiger partial charge on any atom is -0.456 e. The minimum atomic E-state index is -0.689. The van der Waals surface area contributed by atoms with E-state index in [0.29, 0.717) is 17.0 Å². The summed E-state index contributed by atoms with van der Waals surface area (Å²) in [6.45, 7) is 8.66. The maximum atomic E-state index is 12.7. The molecule has 3 rings (SSSR count). The molecule has 1 aromatic heterocycles. The van der Waals surface area contributed by atoms with Gasteiger partial charge in [-0.15, -0.1) is 0 Å². The molecular weight excluding hydrogens is 322 g/mol. The van der Waals surface area contributed by atoms with E-state index in [1.807, 2.05) is 0 Å². The van der Waals surface area contributed by atoms with Crippen LogP contribution in [0.4, 0.5) is 5.95 Å². The van der Waals surface area contributed by atoms with E-state index in [9.17, 15) is 9.59 Å². The zero-order valence-corrected chi connectivity index (χ0v) is 14.7. The molecule has 0 atom stereocenters. The maximum absolute atomic E-state index is 12.7. The summed E-state index contributed by atoms with van der Waals surface area (Å²) in [6.07, 6.45) is 0. The highest BCUT2D eigenvalue weighted by Gasteiger charge is 2.27. The first-order valence-electron chi connectivity index (χ1n) is 8.28. The lowest BCUT2D eigenvalue weighted by Gasteiger charge is -2.26. The molecule has 0 bridgehead atoms. The summed E-state index contributed by atoms with van der Waals surface area (Å²) in [7, 11) is 0. The monoisotopic (exact) mass is 345 g/mol. The van der Waals surface area contributed by atoms with Gasteiger partial charge in [-0.1, -0.05) is 0 Å². The Labute approximate surface area is 145 Å². The summed E-state index contributed by atoms with van der Waals surface area (Å²) in [5.74, 6) is -0.623. The highest BCUT2D eigenvalue weighted by molar-refractivity contribution is 6.12. The molecule has 1 aromatic carbocycles. The van der Waals surface area contributed by atoms with E-state index in [4.69, 9.17) is 10.5 Å². The number of aromatic nitrogens is 2. The quantitative estimate of drug-likeness (QED) is 0.716. The van der Waals surface area contributed by atoms with E-state index in [2.05, 4.69) is 20.2 Å². The Bertz CT molecular complexity index is 816. The van der Waals surface area contributed by atoms with Gasteiger partial charge in [0.2, 0.25) is 11.9 Å². The topological polar surface area (TPSA) is 113 Å². The Hall–Kier alpha value is -2.61. The van der Waals surface area contributed by atoms with Gasteiger partial charge in [0.05, 0.1) is 11.1 Å². The van der Waals surface area contributed by atoms with E-state index < -0.39 is 17.5 Å². The van der Waals surface area contributed by atoms with Crippen molar-refractivity contribution in [3.05, 3.63) is 23.3 Å². The van der Waals surface area contributed by atoms with Crippen molar-refractivity contribution in [2.24, 2.45) is 5.73 Å². The number of hydrogen-bond acceptors (Lipinski definition) is 6. The number of piperazine rings is 1. The average Bonchev–Trinajstić information content (AvgIpc) is 2.96. The van der Waals surface area contributed by atoms with Crippen molar-refractivity contribution in [3.63, 3.8) is 0 Å². The largest absolute Gasteiger partial charge is 0.456 e. The number of esters is 1. The number of amides is 1. The van der Waals surface area contributed by atoms with E-state index in [-0.39, 0.29) is 11.1 Å². The van der Waals surface area contributed by atoms with Gasteiger partial charge in [-0.25, -0.2) is 9.78 Å². The fraction of sp³-hybridized carbons (Fsp3) is 0.471. The lowest BCUT2D eigenvalue weighted by molar-refractivity contribution is 0.00699. The Balaban J connectivity index is 2.10. The number of nitrogens with zero attached hydrogens (tertiary/aromatic N) is 2. The molecule has 134 valence electrons.